The summed E-state index contributed by atoms with van der Waals surface area (Å²) in [5, 5.41) is 8.31. The molecule has 4 nitrogen and oxygen atoms in total. The monoisotopic (exact) mass is 475 g/mol. The quantitative estimate of drug-likeness (QED) is 0.438. The van der Waals surface area contributed by atoms with Gasteiger partial charge in [0.25, 0.3) is 0 Å². The van der Waals surface area contributed by atoms with E-state index in [0.717, 1.165) is 42.3 Å². The van der Waals surface area contributed by atoms with E-state index in [-0.39, 0.29) is 23.9 Å². The fourth-order valence-electron chi connectivity index (χ4n) is 4.26. The van der Waals surface area contributed by atoms with Crippen molar-refractivity contribution >= 4 is 34.1 Å². The highest BCUT2D eigenvalue weighted by Crippen LogP contribution is 2.29. The van der Waals surface area contributed by atoms with E-state index in [0.29, 0.717) is 16.6 Å². The number of alkyl halides is 3. The van der Waals surface area contributed by atoms with Crippen LogP contribution in [0.4, 0.5) is 18.9 Å². The first-order valence-corrected chi connectivity index (χ1v) is 11.4. The Balaban J connectivity index is 1.27. The van der Waals surface area contributed by atoms with Crippen LogP contribution in [-0.2, 0) is 17.1 Å². The minimum absolute atomic E-state index is 0.0821. The third-order valence-corrected chi connectivity index (χ3v) is 6.30. The summed E-state index contributed by atoms with van der Waals surface area (Å²) in [7, 11) is 0. The van der Waals surface area contributed by atoms with Crippen LogP contribution in [-0.4, -0.2) is 29.6 Å². The molecular formula is C25H25ClF3N3O. The number of anilines is 1. The number of carbonyl (C=O) groups is 1. The lowest BCUT2D eigenvalue weighted by Gasteiger charge is -2.30. The van der Waals surface area contributed by atoms with Crippen LogP contribution in [0.25, 0.3) is 10.9 Å². The zero-order valence-corrected chi connectivity index (χ0v) is 18.7. The molecule has 2 aromatic carbocycles. The van der Waals surface area contributed by atoms with Crippen molar-refractivity contribution in [1.82, 2.24) is 10.3 Å². The van der Waals surface area contributed by atoms with Gasteiger partial charge in [-0.2, -0.15) is 8.78 Å². The number of amides is 1. The lowest BCUT2D eigenvalue weighted by Crippen LogP contribution is -2.40. The molecule has 1 amide bonds. The van der Waals surface area contributed by atoms with Gasteiger partial charge in [0, 0.05) is 39.9 Å². The zero-order chi connectivity index (χ0) is 23.4. The maximum absolute atomic E-state index is 13.4. The summed E-state index contributed by atoms with van der Waals surface area (Å²) in [5.74, 6) is -3.64. The van der Waals surface area contributed by atoms with Gasteiger partial charge in [0.2, 0.25) is 5.91 Å². The van der Waals surface area contributed by atoms with Crippen LogP contribution in [0, 0.1) is 0 Å². The third kappa shape index (κ3) is 5.77. The number of nitrogens with zero attached hydrogens (tertiary/aromatic N) is 1. The first-order valence-electron chi connectivity index (χ1n) is 11.0. The Labute approximate surface area is 195 Å². The lowest BCUT2D eigenvalue weighted by molar-refractivity contribution is -0.121. The van der Waals surface area contributed by atoms with Gasteiger partial charge in [-0.1, -0.05) is 35.9 Å². The minimum atomic E-state index is -3.50. The van der Waals surface area contributed by atoms with Gasteiger partial charge < -0.3 is 10.6 Å². The van der Waals surface area contributed by atoms with Crippen molar-refractivity contribution in [3.63, 3.8) is 0 Å². The molecule has 3 aromatic rings. The van der Waals surface area contributed by atoms with Gasteiger partial charge >= 0.3 is 5.92 Å². The van der Waals surface area contributed by atoms with E-state index in [1.807, 2.05) is 24.3 Å². The van der Waals surface area contributed by atoms with Crippen LogP contribution < -0.4 is 10.6 Å². The van der Waals surface area contributed by atoms with E-state index < -0.39 is 12.6 Å². The molecule has 8 heteroatoms. The number of hydrogen-bond acceptors (Lipinski definition) is 3. The summed E-state index contributed by atoms with van der Waals surface area (Å²) in [6.07, 6.45) is 5.38. The Morgan fingerprint density at radius 1 is 1.03 bits per heavy atom. The third-order valence-electron chi connectivity index (χ3n) is 6.07. The van der Waals surface area contributed by atoms with Crippen molar-refractivity contribution < 1.29 is 18.0 Å². The standard InChI is InChI=1S/C25H25ClF3N3O/c26-18-5-10-21-22(11-12-30-23(21)14-18)31-19-6-8-20(9-7-19)32-24(33)13-16-1-3-17(4-2-16)25(28,29)15-27/h1-5,10-12,14,19-20H,6-9,13,15H2,(H,30,31)(H,32,33). The van der Waals surface area contributed by atoms with E-state index in [1.54, 1.807) is 6.20 Å². The Bertz CT molecular complexity index is 1120. The highest BCUT2D eigenvalue weighted by atomic mass is 35.5. The molecule has 0 bridgehead atoms. The molecule has 0 atom stereocenters. The van der Waals surface area contributed by atoms with Crippen molar-refractivity contribution in [1.29, 1.82) is 0 Å². The molecule has 1 heterocycles. The highest BCUT2D eigenvalue weighted by Gasteiger charge is 2.31. The summed E-state index contributed by atoms with van der Waals surface area (Å²) in [6, 6.07) is 13.2. The van der Waals surface area contributed by atoms with E-state index in [4.69, 9.17) is 11.6 Å². The normalized spacial score (nSPS) is 18.8. The fraction of sp³-hybridized carbons (Fsp3) is 0.360. The highest BCUT2D eigenvalue weighted by molar-refractivity contribution is 6.31. The minimum Gasteiger partial charge on any atom is -0.382 e. The summed E-state index contributed by atoms with van der Waals surface area (Å²) >= 11 is 6.06. The van der Waals surface area contributed by atoms with E-state index >= 15 is 0 Å². The average molecular weight is 476 g/mol. The summed E-state index contributed by atoms with van der Waals surface area (Å²) < 4.78 is 39.2. The molecule has 1 aliphatic carbocycles. The van der Waals surface area contributed by atoms with Crippen molar-refractivity contribution in [2.24, 2.45) is 0 Å². The van der Waals surface area contributed by atoms with Crippen LogP contribution in [0.15, 0.2) is 54.7 Å². The molecule has 0 saturated heterocycles. The number of fused-ring (bicyclic) bond motifs is 1. The second-order valence-electron chi connectivity index (χ2n) is 8.49. The van der Waals surface area contributed by atoms with Crippen molar-refractivity contribution in [3.8, 4) is 0 Å². The predicted octanol–water partition coefficient (Wildman–Crippen LogP) is 6.03. The Morgan fingerprint density at radius 3 is 2.42 bits per heavy atom. The number of nitrogens with one attached hydrogen (secondary N) is 2. The molecule has 4 rings (SSSR count). The van der Waals surface area contributed by atoms with Gasteiger partial charge in [-0.15, -0.1) is 0 Å². The number of aromatic nitrogens is 1. The first-order chi connectivity index (χ1) is 15.8. The molecular weight excluding hydrogens is 451 g/mol. The van der Waals surface area contributed by atoms with Crippen molar-refractivity contribution in [2.45, 2.75) is 50.1 Å². The molecule has 2 N–H and O–H groups in total. The van der Waals surface area contributed by atoms with Gasteiger partial charge in [0.05, 0.1) is 11.9 Å². The van der Waals surface area contributed by atoms with Crippen LogP contribution in [0.1, 0.15) is 36.8 Å². The molecule has 174 valence electrons. The zero-order valence-electron chi connectivity index (χ0n) is 18.0. The van der Waals surface area contributed by atoms with E-state index in [9.17, 15) is 18.0 Å². The van der Waals surface area contributed by atoms with Crippen LogP contribution >= 0.6 is 11.6 Å². The Kier molecular flexibility index (Phi) is 7.08. The smallest absolute Gasteiger partial charge is 0.301 e. The van der Waals surface area contributed by atoms with Gasteiger partial charge in [-0.05, 0) is 55.5 Å². The average Bonchev–Trinajstić information content (AvgIpc) is 2.80. The van der Waals surface area contributed by atoms with E-state index in [1.165, 1.54) is 24.3 Å². The lowest BCUT2D eigenvalue weighted by atomic mass is 9.90. The Hall–Kier alpha value is -2.80. The van der Waals surface area contributed by atoms with Crippen LogP contribution in [0.3, 0.4) is 0 Å². The first kappa shape index (κ1) is 23.4. The molecule has 0 spiro atoms. The molecule has 1 aliphatic rings. The molecule has 33 heavy (non-hydrogen) atoms. The number of hydrogen-bond donors (Lipinski definition) is 2. The predicted molar refractivity (Wildman–Crippen MR) is 125 cm³/mol. The van der Waals surface area contributed by atoms with Gasteiger partial charge in [-0.3, -0.25) is 9.78 Å². The number of halogens is 4. The van der Waals surface area contributed by atoms with Gasteiger partial charge in [-0.25, -0.2) is 4.39 Å². The molecule has 0 radical (unpaired) electrons. The summed E-state index contributed by atoms with van der Waals surface area (Å²) in [4.78, 5) is 16.8. The van der Waals surface area contributed by atoms with Gasteiger partial charge in [0.1, 0.15) is 0 Å². The number of rotatable bonds is 7. The fourth-order valence-corrected chi connectivity index (χ4v) is 4.42. The van der Waals surface area contributed by atoms with Gasteiger partial charge in [0.15, 0.2) is 6.67 Å². The SMILES string of the molecule is O=C(Cc1ccc(C(F)(F)CF)cc1)NC1CCC(Nc2ccnc3cc(Cl)ccc23)CC1. The maximum atomic E-state index is 13.4. The summed E-state index contributed by atoms with van der Waals surface area (Å²) in [6.45, 7) is -1.74. The van der Waals surface area contributed by atoms with Crippen LogP contribution in [0.5, 0.6) is 0 Å². The largest absolute Gasteiger partial charge is 0.382 e. The van der Waals surface area contributed by atoms with Crippen molar-refractivity contribution in [2.75, 3.05) is 12.0 Å². The van der Waals surface area contributed by atoms with Crippen molar-refractivity contribution in [3.05, 3.63) is 70.9 Å². The maximum Gasteiger partial charge on any atom is 0.301 e. The number of carbonyl (C=O) groups excluding carboxylic acids is 1. The second-order valence-corrected chi connectivity index (χ2v) is 8.93. The second kappa shape index (κ2) is 10.00. The topological polar surface area (TPSA) is 54.0 Å². The molecule has 0 aliphatic heterocycles. The molecule has 1 saturated carbocycles. The number of pyridine rings is 1. The van der Waals surface area contributed by atoms with Crippen LogP contribution in [0.2, 0.25) is 5.02 Å². The summed E-state index contributed by atoms with van der Waals surface area (Å²) in [5.41, 5.74) is 2.09. The molecule has 0 unspecified atom stereocenters. The van der Waals surface area contributed by atoms with E-state index in [2.05, 4.69) is 15.6 Å². The molecule has 1 fully saturated rings. The Morgan fingerprint density at radius 2 is 1.73 bits per heavy atom. The number of benzene rings is 2. The molecule has 1 aromatic heterocycles.